The minimum atomic E-state index is -0.213. The first kappa shape index (κ1) is 14.3. The molecule has 1 fully saturated rings. The molecule has 0 bridgehead atoms. The Morgan fingerprint density at radius 3 is 2.61 bits per heavy atom. The summed E-state index contributed by atoms with van der Waals surface area (Å²) >= 11 is 9.53. The Kier molecular flexibility index (Phi) is 5.05. The molecule has 0 heterocycles. The number of hydrogen-bond acceptors (Lipinski definition) is 1. The third-order valence-electron chi connectivity index (χ3n) is 3.74. The standard InChI is InChI=1S/C14H18BrClFN/c15-13-8-12(17)5-4-11(13)9-18-14(10-16)6-2-1-3-7-14/h4-5,8,18H,1-3,6-7,9-10H2. The van der Waals surface area contributed by atoms with Gasteiger partial charge in [-0.05, 0) is 30.5 Å². The topological polar surface area (TPSA) is 12.0 Å². The number of rotatable bonds is 4. The number of halogens is 3. The maximum absolute atomic E-state index is 13.0. The Morgan fingerprint density at radius 1 is 1.28 bits per heavy atom. The van der Waals surface area contributed by atoms with E-state index >= 15 is 0 Å². The molecule has 0 spiro atoms. The van der Waals surface area contributed by atoms with Crippen LogP contribution in [0.4, 0.5) is 4.39 Å². The second-order valence-corrected chi connectivity index (χ2v) is 6.19. The zero-order chi connectivity index (χ0) is 13.0. The van der Waals surface area contributed by atoms with Gasteiger partial charge in [0.2, 0.25) is 0 Å². The highest BCUT2D eigenvalue weighted by molar-refractivity contribution is 9.10. The van der Waals surface area contributed by atoms with E-state index < -0.39 is 0 Å². The van der Waals surface area contributed by atoms with Gasteiger partial charge in [0.1, 0.15) is 5.82 Å². The second-order valence-electron chi connectivity index (χ2n) is 5.06. The van der Waals surface area contributed by atoms with Gasteiger partial charge in [0.05, 0.1) is 0 Å². The molecule has 0 amide bonds. The van der Waals surface area contributed by atoms with Crippen LogP contribution in [0.25, 0.3) is 0 Å². The molecule has 1 aliphatic rings. The fourth-order valence-electron chi connectivity index (χ4n) is 2.53. The van der Waals surface area contributed by atoms with Crippen molar-refractivity contribution in [3.63, 3.8) is 0 Å². The Hall–Kier alpha value is -0.120. The maximum atomic E-state index is 13.0. The highest BCUT2D eigenvalue weighted by Gasteiger charge is 2.30. The number of nitrogens with one attached hydrogen (secondary N) is 1. The molecular weight excluding hydrogens is 317 g/mol. The van der Waals surface area contributed by atoms with Crippen molar-refractivity contribution >= 4 is 27.5 Å². The van der Waals surface area contributed by atoms with Crippen LogP contribution >= 0.6 is 27.5 Å². The third kappa shape index (κ3) is 3.46. The lowest BCUT2D eigenvalue weighted by atomic mass is 9.83. The Bertz CT molecular complexity index is 405. The molecule has 0 aliphatic heterocycles. The monoisotopic (exact) mass is 333 g/mol. The van der Waals surface area contributed by atoms with Crippen LogP contribution in [-0.4, -0.2) is 11.4 Å². The normalized spacial score (nSPS) is 18.8. The predicted octanol–water partition coefficient (Wildman–Crippen LogP) is 4.62. The van der Waals surface area contributed by atoms with Gasteiger partial charge in [-0.1, -0.05) is 41.3 Å². The van der Waals surface area contributed by atoms with Crippen LogP contribution in [-0.2, 0) is 6.54 Å². The average molecular weight is 335 g/mol. The molecule has 2 rings (SSSR count). The first-order valence-electron chi connectivity index (χ1n) is 6.40. The van der Waals surface area contributed by atoms with Crippen molar-refractivity contribution in [2.75, 3.05) is 5.88 Å². The van der Waals surface area contributed by atoms with Gasteiger partial charge in [-0.3, -0.25) is 0 Å². The molecule has 100 valence electrons. The van der Waals surface area contributed by atoms with Crippen LogP contribution in [0.1, 0.15) is 37.7 Å². The summed E-state index contributed by atoms with van der Waals surface area (Å²) in [5, 5.41) is 3.58. The van der Waals surface area contributed by atoms with Crippen molar-refractivity contribution in [2.24, 2.45) is 0 Å². The van der Waals surface area contributed by atoms with E-state index in [-0.39, 0.29) is 11.4 Å². The third-order valence-corrected chi connectivity index (χ3v) is 4.99. The largest absolute Gasteiger partial charge is 0.306 e. The van der Waals surface area contributed by atoms with Crippen molar-refractivity contribution in [3.05, 3.63) is 34.1 Å². The molecule has 0 saturated heterocycles. The van der Waals surface area contributed by atoms with E-state index in [4.69, 9.17) is 11.6 Å². The first-order valence-corrected chi connectivity index (χ1v) is 7.73. The highest BCUT2D eigenvalue weighted by Crippen LogP contribution is 2.30. The van der Waals surface area contributed by atoms with Crippen LogP contribution in [0, 0.1) is 5.82 Å². The molecule has 0 atom stereocenters. The molecule has 0 aromatic heterocycles. The zero-order valence-corrected chi connectivity index (χ0v) is 12.7. The maximum Gasteiger partial charge on any atom is 0.124 e. The molecule has 1 N–H and O–H groups in total. The fourth-order valence-corrected chi connectivity index (χ4v) is 3.39. The highest BCUT2D eigenvalue weighted by atomic mass is 79.9. The van der Waals surface area contributed by atoms with E-state index in [1.165, 1.54) is 31.4 Å². The van der Waals surface area contributed by atoms with E-state index in [1.807, 2.05) is 6.07 Å². The van der Waals surface area contributed by atoms with E-state index in [0.717, 1.165) is 29.4 Å². The van der Waals surface area contributed by atoms with Gasteiger partial charge in [0.25, 0.3) is 0 Å². The first-order chi connectivity index (χ1) is 8.65. The molecule has 1 aromatic carbocycles. The van der Waals surface area contributed by atoms with Crippen molar-refractivity contribution in [3.8, 4) is 0 Å². The molecule has 18 heavy (non-hydrogen) atoms. The fraction of sp³-hybridized carbons (Fsp3) is 0.571. The van der Waals surface area contributed by atoms with Gasteiger partial charge >= 0.3 is 0 Å². The van der Waals surface area contributed by atoms with Gasteiger partial charge in [-0.25, -0.2) is 4.39 Å². The van der Waals surface area contributed by atoms with E-state index in [2.05, 4.69) is 21.2 Å². The van der Waals surface area contributed by atoms with Gasteiger partial charge in [-0.2, -0.15) is 0 Å². The summed E-state index contributed by atoms with van der Waals surface area (Å²) in [5.41, 5.74) is 1.14. The van der Waals surface area contributed by atoms with Crippen LogP contribution in [0.5, 0.6) is 0 Å². The zero-order valence-electron chi connectivity index (χ0n) is 10.3. The van der Waals surface area contributed by atoms with Crippen LogP contribution in [0.3, 0.4) is 0 Å². The molecule has 0 radical (unpaired) electrons. The Balaban J connectivity index is 2.01. The summed E-state index contributed by atoms with van der Waals surface area (Å²) in [6, 6.07) is 4.82. The van der Waals surface area contributed by atoms with Crippen LogP contribution in [0.15, 0.2) is 22.7 Å². The number of hydrogen-bond donors (Lipinski definition) is 1. The van der Waals surface area contributed by atoms with Crippen molar-refractivity contribution in [1.29, 1.82) is 0 Å². The van der Waals surface area contributed by atoms with Crippen molar-refractivity contribution < 1.29 is 4.39 Å². The Morgan fingerprint density at radius 2 is 2.00 bits per heavy atom. The molecule has 4 heteroatoms. The lowest BCUT2D eigenvalue weighted by molar-refractivity contribution is 0.256. The molecule has 0 unspecified atom stereocenters. The molecule has 1 aliphatic carbocycles. The average Bonchev–Trinajstić information content (AvgIpc) is 2.39. The lowest BCUT2D eigenvalue weighted by Gasteiger charge is -2.36. The summed E-state index contributed by atoms with van der Waals surface area (Å²) < 4.78 is 13.8. The minimum absolute atomic E-state index is 0.0631. The summed E-state index contributed by atoms with van der Waals surface area (Å²) in [7, 11) is 0. The van der Waals surface area contributed by atoms with Gasteiger partial charge in [-0.15, -0.1) is 11.6 Å². The van der Waals surface area contributed by atoms with Gasteiger partial charge in [0.15, 0.2) is 0 Å². The summed E-state index contributed by atoms with van der Waals surface area (Å²) in [5.74, 6) is 0.432. The number of benzene rings is 1. The van der Waals surface area contributed by atoms with E-state index in [0.29, 0.717) is 5.88 Å². The summed E-state index contributed by atoms with van der Waals surface area (Å²) in [4.78, 5) is 0. The summed E-state index contributed by atoms with van der Waals surface area (Å²) in [6.45, 7) is 0.730. The number of alkyl halides is 1. The molecule has 1 nitrogen and oxygen atoms in total. The molecule has 1 aromatic rings. The Labute approximate surface area is 121 Å². The second kappa shape index (κ2) is 6.36. The van der Waals surface area contributed by atoms with E-state index in [1.54, 1.807) is 0 Å². The van der Waals surface area contributed by atoms with E-state index in [9.17, 15) is 4.39 Å². The van der Waals surface area contributed by atoms with Crippen LogP contribution in [0.2, 0.25) is 0 Å². The van der Waals surface area contributed by atoms with Crippen LogP contribution < -0.4 is 5.32 Å². The lowest BCUT2D eigenvalue weighted by Crippen LogP contribution is -2.48. The van der Waals surface area contributed by atoms with Crippen molar-refractivity contribution in [1.82, 2.24) is 5.32 Å². The molecular formula is C14H18BrClFN. The predicted molar refractivity (Wildman–Crippen MR) is 77.5 cm³/mol. The molecule has 1 saturated carbocycles. The SMILES string of the molecule is Fc1ccc(CNC2(CCl)CCCCC2)c(Br)c1. The summed E-state index contributed by atoms with van der Waals surface area (Å²) in [6.07, 6.45) is 6.06. The van der Waals surface area contributed by atoms with Gasteiger partial charge < -0.3 is 5.32 Å². The minimum Gasteiger partial charge on any atom is -0.306 e. The van der Waals surface area contributed by atoms with Gasteiger partial charge in [0, 0.05) is 22.4 Å². The van der Waals surface area contributed by atoms with Crippen molar-refractivity contribution in [2.45, 2.75) is 44.2 Å². The quantitative estimate of drug-likeness (QED) is 0.792. The smallest absolute Gasteiger partial charge is 0.124 e.